The first-order valence-corrected chi connectivity index (χ1v) is 11.5. The van der Waals surface area contributed by atoms with Gasteiger partial charge in [0.1, 0.15) is 29.5 Å². The normalized spacial score (nSPS) is 12.5. The molecular formula is C26H19ClF3N3O4. The molecular weight excluding hydrogens is 511 g/mol. The van der Waals surface area contributed by atoms with Gasteiger partial charge in [0.25, 0.3) is 0 Å². The molecule has 0 aliphatic carbocycles. The molecule has 2 aromatic carbocycles. The van der Waals surface area contributed by atoms with Gasteiger partial charge in [-0.25, -0.2) is 9.78 Å². The number of ether oxygens (including phenoxy) is 3. The third kappa shape index (κ3) is 5.24. The van der Waals surface area contributed by atoms with Crippen LogP contribution in [0.5, 0.6) is 23.1 Å². The minimum atomic E-state index is -4.53. The highest BCUT2D eigenvalue weighted by Crippen LogP contribution is 2.33. The van der Waals surface area contributed by atoms with Crippen molar-refractivity contribution >= 4 is 11.6 Å². The van der Waals surface area contributed by atoms with E-state index in [1.807, 2.05) is 18.2 Å². The van der Waals surface area contributed by atoms with Crippen LogP contribution in [-0.2, 0) is 25.7 Å². The molecule has 4 aromatic rings. The summed E-state index contributed by atoms with van der Waals surface area (Å²) in [4.78, 5) is 20.0. The van der Waals surface area contributed by atoms with E-state index < -0.39 is 17.6 Å². The van der Waals surface area contributed by atoms with E-state index in [0.717, 1.165) is 29.1 Å². The number of fused-ring (bicyclic) bond motifs is 3. The molecule has 0 N–H and O–H groups in total. The Labute approximate surface area is 214 Å². The van der Waals surface area contributed by atoms with Crippen LogP contribution >= 0.6 is 11.6 Å². The molecule has 190 valence electrons. The topological polar surface area (TPSA) is 75.5 Å². The molecule has 0 unspecified atom stereocenters. The number of methoxy groups -OCH3 is 1. The molecule has 0 radical (unpaired) electrons. The molecule has 11 heteroatoms. The van der Waals surface area contributed by atoms with E-state index in [1.165, 1.54) is 12.1 Å². The maximum Gasteiger partial charge on any atom is 0.433 e. The summed E-state index contributed by atoms with van der Waals surface area (Å²) in [7, 11) is 1.61. The Morgan fingerprint density at radius 2 is 1.81 bits per heavy atom. The van der Waals surface area contributed by atoms with E-state index in [1.54, 1.807) is 29.9 Å². The van der Waals surface area contributed by atoms with Gasteiger partial charge < -0.3 is 14.2 Å². The number of aromatic nitrogens is 3. The first-order chi connectivity index (χ1) is 17.7. The van der Waals surface area contributed by atoms with Crippen molar-refractivity contribution in [3.63, 3.8) is 0 Å². The number of aryl methyl sites for hydroxylation is 1. The number of halogens is 4. The minimum absolute atomic E-state index is 0.0340. The van der Waals surface area contributed by atoms with Crippen molar-refractivity contribution in [1.29, 1.82) is 0 Å². The van der Waals surface area contributed by atoms with Gasteiger partial charge in [0, 0.05) is 23.7 Å². The molecule has 37 heavy (non-hydrogen) atoms. The highest BCUT2D eigenvalue weighted by atomic mass is 35.5. The fraction of sp³-hybridized carbons (Fsp3) is 0.192. The number of alkyl halides is 3. The van der Waals surface area contributed by atoms with Crippen LogP contribution < -0.4 is 19.9 Å². The van der Waals surface area contributed by atoms with E-state index in [9.17, 15) is 18.0 Å². The number of pyridine rings is 1. The zero-order valence-corrected chi connectivity index (χ0v) is 20.1. The molecule has 0 fully saturated rings. The van der Waals surface area contributed by atoms with Gasteiger partial charge in [-0.3, -0.25) is 4.57 Å². The molecule has 1 aliphatic rings. The Hall–Kier alpha value is -4.05. The van der Waals surface area contributed by atoms with E-state index in [-0.39, 0.29) is 18.2 Å². The second-order valence-electron chi connectivity index (χ2n) is 8.21. The Morgan fingerprint density at radius 1 is 1.03 bits per heavy atom. The van der Waals surface area contributed by atoms with Gasteiger partial charge >= 0.3 is 11.9 Å². The van der Waals surface area contributed by atoms with Crippen LogP contribution in [0, 0.1) is 0 Å². The van der Waals surface area contributed by atoms with Crippen LogP contribution in [0.2, 0.25) is 5.02 Å². The summed E-state index contributed by atoms with van der Waals surface area (Å²) in [5.74, 6) is 1.35. The van der Waals surface area contributed by atoms with Crippen LogP contribution in [0.15, 0.2) is 65.6 Å². The molecule has 2 aromatic heterocycles. The standard InChI is InChI=1S/C26H19ClF3N3O4/c1-35-17-4-6-20-15(10-17)8-9-33-22(20)12-24(32-25(33)34)36-14-16-2-3-18(11-21(16)27)37-19-5-7-23(31-13-19)26(28,29)30/h2-7,10-13H,8-9,14H2,1H3. The second-order valence-corrected chi connectivity index (χ2v) is 8.61. The molecule has 7 nitrogen and oxygen atoms in total. The summed E-state index contributed by atoms with van der Waals surface area (Å²) in [5.41, 5.74) is 1.87. The van der Waals surface area contributed by atoms with Crippen molar-refractivity contribution < 1.29 is 27.4 Å². The highest BCUT2D eigenvalue weighted by molar-refractivity contribution is 6.31. The number of hydrogen-bond donors (Lipinski definition) is 0. The van der Waals surface area contributed by atoms with Crippen LogP contribution in [0.3, 0.4) is 0 Å². The number of nitrogens with zero attached hydrogens (tertiary/aromatic N) is 3. The molecule has 0 saturated heterocycles. The van der Waals surface area contributed by atoms with Crippen LogP contribution in [0.4, 0.5) is 13.2 Å². The second kappa shape index (κ2) is 9.78. The lowest BCUT2D eigenvalue weighted by Gasteiger charge is -2.22. The molecule has 0 atom stereocenters. The Balaban J connectivity index is 1.30. The number of hydrogen-bond acceptors (Lipinski definition) is 6. The molecule has 0 spiro atoms. The average molecular weight is 530 g/mol. The molecule has 1 aliphatic heterocycles. The first-order valence-electron chi connectivity index (χ1n) is 11.1. The number of rotatable bonds is 6. The van der Waals surface area contributed by atoms with Crippen molar-refractivity contribution in [1.82, 2.24) is 14.5 Å². The Kier molecular flexibility index (Phi) is 6.51. The van der Waals surface area contributed by atoms with Gasteiger partial charge in [0.05, 0.1) is 24.0 Å². The van der Waals surface area contributed by atoms with Crippen molar-refractivity contribution in [2.75, 3.05) is 7.11 Å². The van der Waals surface area contributed by atoms with E-state index >= 15 is 0 Å². The predicted molar refractivity (Wildman–Crippen MR) is 129 cm³/mol. The van der Waals surface area contributed by atoms with E-state index in [4.69, 9.17) is 25.8 Å². The van der Waals surface area contributed by atoms with Crippen LogP contribution in [-0.4, -0.2) is 21.6 Å². The monoisotopic (exact) mass is 529 g/mol. The maximum absolute atomic E-state index is 12.7. The summed E-state index contributed by atoms with van der Waals surface area (Å²) < 4.78 is 56.3. The zero-order chi connectivity index (χ0) is 26.2. The number of benzene rings is 2. The van der Waals surface area contributed by atoms with Gasteiger partial charge in [-0.15, -0.1) is 0 Å². The summed E-state index contributed by atoms with van der Waals surface area (Å²) in [6, 6.07) is 14.2. The lowest BCUT2D eigenvalue weighted by molar-refractivity contribution is -0.141. The van der Waals surface area contributed by atoms with E-state index in [2.05, 4.69) is 9.97 Å². The lowest BCUT2D eigenvalue weighted by atomic mass is 9.97. The SMILES string of the molecule is COc1ccc2c(c1)CCn1c-2cc(OCc2ccc(Oc3ccc(C(F)(F)F)nc3)cc2Cl)nc1=O. The minimum Gasteiger partial charge on any atom is -0.497 e. The van der Waals surface area contributed by atoms with Crippen molar-refractivity contribution in [3.05, 3.63) is 93.1 Å². The van der Waals surface area contributed by atoms with Gasteiger partial charge in [-0.2, -0.15) is 18.2 Å². The first kappa shape index (κ1) is 24.6. The maximum atomic E-state index is 12.7. The molecule has 0 saturated carbocycles. The van der Waals surface area contributed by atoms with Gasteiger partial charge in [-0.1, -0.05) is 17.7 Å². The van der Waals surface area contributed by atoms with Gasteiger partial charge in [0.15, 0.2) is 0 Å². The molecule has 0 bridgehead atoms. The molecule has 0 amide bonds. The fourth-order valence-corrected chi connectivity index (χ4v) is 4.21. The van der Waals surface area contributed by atoms with Crippen molar-refractivity contribution in [3.8, 4) is 34.4 Å². The van der Waals surface area contributed by atoms with Gasteiger partial charge in [0.2, 0.25) is 5.88 Å². The third-order valence-corrected chi connectivity index (χ3v) is 6.20. The van der Waals surface area contributed by atoms with Crippen LogP contribution in [0.1, 0.15) is 16.8 Å². The fourth-order valence-electron chi connectivity index (χ4n) is 3.99. The summed E-state index contributed by atoms with van der Waals surface area (Å²) in [6.45, 7) is 0.537. The largest absolute Gasteiger partial charge is 0.497 e. The Bertz CT molecular complexity index is 1520. The molecule has 3 heterocycles. The van der Waals surface area contributed by atoms with Crippen molar-refractivity contribution in [2.24, 2.45) is 0 Å². The van der Waals surface area contributed by atoms with E-state index in [0.29, 0.717) is 35.0 Å². The summed E-state index contributed by atoms with van der Waals surface area (Å²) >= 11 is 6.37. The Morgan fingerprint density at radius 3 is 2.51 bits per heavy atom. The van der Waals surface area contributed by atoms with Gasteiger partial charge in [-0.05, 0) is 54.4 Å². The van der Waals surface area contributed by atoms with Crippen LogP contribution in [0.25, 0.3) is 11.3 Å². The zero-order valence-electron chi connectivity index (χ0n) is 19.4. The third-order valence-electron chi connectivity index (χ3n) is 5.84. The quantitative estimate of drug-likeness (QED) is 0.309. The smallest absolute Gasteiger partial charge is 0.433 e. The summed E-state index contributed by atoms with van der Waals surface area (Å²) in [5, 5.41) is 0.310. The highest BCUT2D eigenvalue weighted by Gasteiger charge is 2.32. The lowest BCUT2D eigenvalue weighted by Crippen LogP contribution is -2.28. The predicted octanol–water partition coefficient (Wildman–Crippen LogP) is 5.91. The molecule has 5 rings (SSSR count). The average Bonchev–Trinajstić information content (AvgIpc) is 2.87. The van der Waals surface area contributed by atoms with Crippen molar-refractivity contribution in [2.45, 2.75) is 25.7 Å². The summed E-state index contributed by atoms with van der Waals surface area (Å²) in [6.07, 6.45) is -2.85.